The van der Waals surface area contributed by atoms with Crippen molar-refractivity contribution in [2.75, 3.05) is 0 Å². The molecule has 1 aliphatic carbocycles. The predicted octanol–water partition coefficient (Wildman–Crippen LogP) is 2.97. The van der Waals surface area contributed by atoms with Crippen LogP contribution in [-0.4, -0.2) is 28.2 Å². The average Bonchev–Trinajstić information content (AvgIpc) is 3.26. The van der Waals surface area contributed by atoms with Crippen LogP contribution < -0.4 is 0 Å². The van der Waals surface area contributed by atoms with E-state index in [4.69, 9.17) is 0 Å². The lowest BCUT2D eigenvalue weighted by Crippen LogP contribution is -2.15. The number of hydrogen-bond acceptors (Lipinski definition) is 5. The van der Waals surface area contributed by atoms with E-state index in [1.807, 2.05) is 0 Å². The van der Waals surface area contributed by atoms with E-state index in [2.05, 4.69) is 15.1 Å². The zero-order valence-electron chi connectivity index (χ0n) is 14.8. The fourth-order valence-electron chi connectivity index (χ4n) is 3.45. The van der Waals surface area contributed by atoms with Crippen LogP contribution in [0.4, 0.5) is 4.39 Å². The molecule has 27 heavy (non-hydrogen) atoms. The molecular formula is C19H19FN4O2S. The molecule has 0 radical (unpaired) electrons. The molecule has 6 nitrogen and oxygen atoms in total. The molecule has 8 heteroatoms. The minimum absolute atomic E-state index is 0.152. The summed E-state index contributed by atoms with van der Waals surface area (Å²) in [6, 6.07) is 6.07. The highest BCUT2D eigenvalue weighted by molar-refractivity contribution is 7.90. The monoisotopic (exact) mass is 386 g/mol. The van der Waals surface area contributed by atoms with Crippen LogP contribution in [0.25, 0.3) is 5.69 Å². The van der Waals surface area contributed by atoms with Crippen molar-refractivity contribution in [2.45, 2.75) is 37.2 Å². The molecule has 0 spiro atoms. The second-order valence-corrected chi connectivity index (χ2v) is 9.01. The lowest BCUT2D eigenvalue weighted by atomic mass is 10.2. The van der Waals surface area contributed by atoms with Crippen molar-refractivity contribution < 1.29 is 12.8 Å². The molecular weight excluding hydrogens is 367 g/mol. The highest BCUT2D eigenvalue weighted by Crippen LogP contribution is 2.31. The van der Waals surface area contributed by atoms with Gasteiger partial charge in [-0.3, -0.25) is 9.97 Å². The van der Waals surface area contributed by atoms with E-state index in [0.717, 1.165) is 36.2 Å². The number of sulfone groups is 1. The Morgan fingerprint density at radius 2 is 1.96 bits per heavy atom. The Hall–Kier alpha value is -2.61. The summed E-state index contributed by atoms with van der Waals surface area (Å²) in [5.41, 5.74) is 3.74. The maximum Gasteiger partial charge on any atom is 0.164 e. The van der Waals surface area contributed by atoms with Gasteiger partial charge in [-0.2, -0.15) is 5.10 Å². The number of halogens is 1. The Morgan fingerprint density at radius 1 is 1.19 bits per heavy atom. The lowest BCUT2D eigenvalue weighted by Gasteiger charge is -2.11. The number of aromatic nitrogens is 4. The molecule has 3 aromatic rings. The SMILES string of the molecule is CC(c1cnccn1)S(=O)(=O)Cc1nn(-c2ccc(F)cc2)c2c1CCC2. The zero-order chi connectivity index (χ0) is 19.0. The molecule has 1 aliphatic rings. The van der Waals surface area contributed by atoms with E-state index in [9.17, 15) is 12.8 Å². The summed E-state index contributed by atoms with van der Waals surface area (Å²) in [5, 5.41) is 3.81. The predicted molar refractivity (Wildman–Crippen MR) is 98.6 cm³/mol. The Labute approximate surface area is 157 Å². The van der Waals surface area contributed by atoms with Crippen molar-refractivity contribution in [3.8, 4) is 5.69 Å². The van der Waals surface area contributed by atoms with Crippen LogP contribution in [0.5, 0.6) is 0 Å². The topological polar surface area (TPSA) is 77.7 Å². The molecule has 140 valence electrons. The highest BCUT2D eigenvalue weighted by Gasteiger charge is 2.30. The lowest BCUT2D eigenvalue weighted by molar-refractivity contribution is 0.582. The van der Waals surface area contributed by atoms with Crippen LogP contribution in [0, 0.1) is 5.82 Å². The maximum absolute atomic E-state index is 13.2. The summed E-state index contributed by atoms with van der Waals surface area (Å²) >= 11 is 0. The van der Waals surface area contributed by atoms with E-state index < -0.39 is 15.1 Å². The summed E-state index contributed by atoms with van der Waals surface area (Å²) in [4.78, 5) is 8.07. The summed E-state index contributed by atoms with van der Waals surface area (Å²) in [5.74, 6) is -0.468. The maximum atomic E-state index is 13.2. The van der Waals surface area contributed by atoms with Crippen molar-refractivity contribution >= 4 is 9.84 Å². The van der Waals surface area contributed by atoms with E-state index in [1.54, 1.807) is 23.7 Å². The second-order valence-electron chi connectivity index (χ2n) is 6.69. The highest BCUT2D eigenvalue weighted by atomic mass is 32.2. The Morgan fingerprint density at radius 3 is 2.67 bits per heavy atom. The molecule has 1 atom stereocenters. The van der Waals surface area contributed by atoms with Gasteiger partial charge in [-0.1, -0.05) is 0 Å². The summed E-state index contributed by atoms with van der Waals surface area (Å²) in [7, 11) is -3.50. The standard InChI is InChI=1S/C19H19FN4O2S/c1-13(17-11-21-9-10-22-17)27(25,26)12-18-16-3-2-4-19(16)24(23-18)15-7-5-14(20)6-8-15/h5-11,13H,2-4,12H2,1H3. The van der Waals surface area contributed by atoms with E-state index in [-0.39, 0.29) is 11.6 Å². The molecule has 0 bridgehead atoms. The Kier molecular flexibility index (Phi) is 4.51. The average molecular weight is 386 g/mol. The molecule has 0 amide bonds. The van der Waals surface area contributed by atoms with Crippen LogP contribution in [0.3, 0.4) is 0 Å². The van der Waals surface area contributed by atoms with Gasteiger partial charge in [0.05, 0.1) is 22.8 Å². The van der Waals surface area contributed by atoms with E-state index in [1.165, 1.54) is 30.7 Å². The smallest absolute Gasteiger partial charge is 0.164 e. The fourth-order valence-corrected chi connectivity index (χ4v) is 4.80. The Balaban J connectivity index is 1.69. The number of hydrogen-bond donors (Lipinski definition) is 0. The van der Waals surface area contributed by atoms with Crippen LogP contribution >= 0.6 is 0 Å². The normalized spacial score (nSPS) is 14.9. The summed E-state index contributed by atoms with van der Waals surface area (Å²) in [6.45, 7) is 1.62. The molecule has 0 saturated carbocycles. The van der Waals surface area contributed by atoms with Gasteiger partial charge in [-0.25, -0.2) is 17.5 Å². The molecule has 4 rings (SSSR count). The van der Waals surface area contributed by atoms with Crippen molar-refractivity contribution in [1.82, 2.24) is 19.7 Å². The molecule has 2 aromatic heterocycles. The van der Waals surface area contributed by atoms with Crippen molar-refractivity contribution in [1.29, 1.82) is 0 Å². The van der Waals surface area contributed by atoms with Gasteiger partial charge in [0.1, 0.15) is 11.1 Å². The number of benzene rings is 1. The van der Waals surface area contributed by atoms with E-state index >= 15 is 0 Å². The third-order valence-corrected chi connectivity index (χ3v) is 6.96. The van der Waals surface area contributed by atoms with Crippen LogP contribution in [0.15, 0.2) is 42.9 Å². The number of rotatable bonds is 5. The molecule has 1 unspecified atom stereocenters. The van der Waals surface area contributed by atoms with Crippen LogP contribution in [-0.2, 0) is 28.4 Å². The first-order valence-electron chi connectivity index (χ1n) is 8.79. The first-order valence-corrected chi connectivity index (χ1v) is 10.5. The van der Waals surface area contributed by atoms with Crippen LogP contribution in [0.2, 0.25) is 0 Å². The van der Waals surface area contributed by atoms with Gasteiger partial charge in [0.15, 0.2) is 9.84 Å². The van der Waals surface area contributed by atoms with E-state index in [0.29, 0.717) is 11.4 Å². The quantitative estimate of drug-likeness (QED) is 0.674. The van der Waals surface area contributed by atoms with Gasteiger partial charge in [0.25, 0.3) is 0 Å². The Bertz CT molecular complexity index is 1060. The van der Waals surface area contributed by atoms with Gasteiger partial charge < -0.3 is 0 Å². The van der Waals surface area contributed by atoms with Crippen LogP contribution in [0.1, 0.15) is 41.2 Å². The third kappa shape index (κ3) is 3.37. The van der Waals surface area contributed by atoms with Gasteiger partial charge in [-0.05, 0) is 56.0 Å². The van der Waals surface area contributed by atoms with Crippen molar-refractivity contribution in [3.63, 3.8) is 0 Å². The van der Waals surface area contributed by atoms with Gasteiger partial charge in [0.2, 0.25) is 0 Å². The number of nitrogens with zero attached hydrogens (tertiary/aromatic N) is 4. The van der Waals surface area contributed by atoms with Crippen molar-refractivity contribution in [3.05, 3.63) is 71.3 Å². The first kappa shape index (κ1) is 17.8. The molecule has 0 N–H and O–H groups in total. The molecule has 0 fully saturated rings. The number of fused-ring (bicyclic) bond motifs is 1. The minimum atomic E-state index is -3.50. The largest absolute Gasteiger partial charge is 0.261 e. The molecule has 0 saturated heterocycles. The molecule has 0 aliphatic heterocycles. The second kappa shape index (κ2) is 6.84. The first-order chi connectivity index (χ1) is 13.0. The van der Waals surface area contributed by atoms with Gasteiger partial charge in [0, 0.05) is 24.3 Å². The molecule has 1 aromatic carbocycles. The van der Waals surface area contributed by atoms with Gasteiger partial charge in [-0.15, -0.1) is 0 Å². The third-order valence-electron chi connectivity index (χ3n) is 4.96. The summed E-state index contributed by atoms with van der Waals surface area (Å²) < 4.78 is 40.8. The fraction of sp³-hybridized carbons (Fsp3) is 0.316. The summed E-state index contributed by atoms with van der Waals surface area (Å²) in [6.07, 6.45) is 7.08. The van der Waals surface area contributed by atoms with Gasteiger partial charge >= 0.3 is 0 Å². The zero-order valence-corrected chi connectivity index (χ0v) is 15.7. The minimum Gasteiger partial charge on any atom is -0.261 e. The molecule has 2 heterocycles. The van der Waals surface area contributed by atoms with Crippen molar-refractivity contribution in [2.24, 2.45) is 0 Å².